The van der Waals surface area contributed by atoms with E-state index in [1.54, 1.807) is 18.9 Å². The molecule has 0 bridgehead atoms. The maximum atomic E-state index is 12.9. The summed E-state index contributed by atoms with van der Waals surface area (Å²) in [6.07, 6.45) is 2.31. The molecule has 1 aromatic carbocycles. The summed E-state index contributed by atoms with van der Waals surface area (Å²) in [4.78, 5) is 32.4. The Kier molecular flexibility index (Phi) is 4.47. The minimum absolute atomic E-state index is 0.0525. The number of thiazole rings is 1. The molecule has 7 nitrogen and oxygen atoms in total. The van der Waals surface area contributed by atoms with Crippen molar-refractivity contribution in [1.82, 2.24) is 9.88 Å². The maximum absolute atomic E-state index is 12.9. The summed E-state index contributed by atoms with van der Waals surface area (Å²) in [5, 5.41) is 3.27. The molecule has 2 aliphatic rings. The molecular formula is C18H19ClN4O3S. The normalized spacial score (nSPS) is 20.9. The van der Waals surface area contributed by atoms with Crippen molar-refractivity contribution in [3.8, 4) is 5.75 Å². The topological polar surface area (TPSA) is 74.8 Å². The van der Waals surface area contributed by atoms with Crippen molar-refractivity contribution in [2.24, 2.45) is 0 Å². The Morgan fingerprint density at radius 3 is 2.81 bits per heavy atom. The zero-order valence-electron chi connectivity index (χ0n) is 15.0. The summed E-state index contributed by atoms with van der Waals surface area (Å²) in [5.41, 5.74) is 1.59. The van der Waals surface area contributed by atoms with E-state index in [1.165, 1.54) is 17.5 Å². The van der Waals surface area contributed by atoms with Crippen molar-refractivity contribution in [2.75, 3.05) is 37.0 Å². The highest BCUT2D eigenvalue weighted by molar-refractivity contribution is 7.19. The highest BCUT2D eigenvalue weighted by atomic mass is 35.5. The second-order valence-corrected chi connectivity index (χ2v) is 8.50. The molecule has 9 heteroatoms. The van der Waals surface area contributed by atoms with Gasteiger partial charge in [-0.2, -0.15) is 0 Å². The van der Waals surface area contributed by atoms with Crippen LogP contribution in [-0.2, 0) is 10.2 Å². The Morgan fingerprint density at radius 1 is 1.37 bits per heavy atom. The summed E-state index contributed by atoms with van der Waals surface area (Å²) < 4.78 is 5.90. The molecule has 4 rings (SSSR count). The third-order valence-corrected chi connectivity index (χ3v) is 6.29. The molecule has 1 aromatic heterocycles. The van der Waals surface area contributed by atoms with Crippen molar-refractivity contribution >= 4 is 45.7 Å². The van der Waals surface area contributed by atoms with E-state index in [-0.39, 0.29) is 17.4 Å². The zero-order valence-corrected chi connectivity index (χ0v) is 16.6. The van der Waals surface area contributed by atoms with E-state index in [2.05, 4.69) is 10.3 Å². The number of halogens is 1. The Hall–Kier alpha value is -2.32. The molecule has 0 aliphatic carbocycles. The van der Waals surface area contributed by atoms with Crippen molar-refractivity contribution in [3.63, 3.8) is 0 Å². The van der Waals surface area contributed by atoms with Gasteiger partial charge in [-0.25, -0.2) is 9.78 Å². The summed E-state index contributed by atoms with van der Waals surface area (Å²) in [7, 11) is 1.62. The first-order chi connectivity index (χ1) is 12.9. The van der Waals surface area contributed by atoms with Crippen LogP contribution in [0.4, 0.5) is 15.6 Å². The highest BCUT2D eigenvalue weighted by Gasteiger charge is 2.49. The summed E-state index contributed by atoms with van der Waals surface area (Å²) in [6, 6.07) is 5.46. The van der Waals surface area contributed by atoms with E-state index in [0.717, 1.165) is 23.4 Å². The number of methoxy groups -OCH3 is 1. The van der Waals surface area contributed by atoms with Crippen LogP contribution >= 0.6 is 22.9 Å². The standard InChI is InChI=1S/C18H19ClN4O3S/c1-11(24)22-6-5-18(9-22)10-23(14-4-3-12(26-2)7-13(14)18)17(25)21-16-20-8-15(19)27-16/h3-4,7-8H,5-6,9-10H2,1-2H3,(H,20,21,25). The number of hydrogen-bond acceptors (Lipinski definition) is 5. The molecule has 1 saturated heterocycles. The number of amides is 3. The average Bonchev–Trinajstić information content (AvgIpc) is 3.34. The third-order valence-electron chi connectivity index (χ3n) is 5.26. The van der Waals surface area contributed by atoms with Gasteiger partial charge >= 0.3 is 6.03 Å². The molecule has 2 aromatic rings. The summed E-state index contributed by atoms with van der Waals surface area (Å²) in [5.74, 6) is 0.792. The fourth-order valence-corrected chi connectivity index (χ4v) is 4.72. The van der Waals surface area contributed by atoms with Crippen LogP contribution in [0.3, 0.4) is 0 Å². The van der Waals surface area contributed by atoms with Crippen LogP contribution in [-0.4, -0.2) is 48.6 Å². The Balaban J connectivity index is 1.67. The van der Waals surface area contributed by atoms with E-state index in [0.29, 0.717) is 29.1 Å². The molecule has 2 aliphatic heterocycles. The van der Waals surface area contributed by atoms with E-state index >= 15 is 0 Å². The van der Waals surface area contributed by atoms with Gasteiger partial charge in [0.1, 0.15) is 10.1 Å². The SMILES string of the molecule is COc1ccc2c(c1)C1(CCN(C(C)=O)C1)CN2C(=O)Nc1ncc(Cl)s1. The molecule has 142 valence electrons. The van der Waals surface area contributed by atoms with E-state index in [1.807, 2.05) is 23.1 Å². The number of carbonyl (C=O) groups excluding carboxylic acids is 2. The minimum Gasteiger partial charge on any atom is -0.497 e. The van der Waals surface area contributed by atoms with Crippen molar-refractivity contribution in [3.05, 3.63) is 34.3 Å². The van der Waals surface area contributed by atoms with Gasteiger partial charge in [-0.05, 0) is 30.2 Å². The van der Waals surface area contributed by atoms with Crippen LogP contribution in [0, 0.1) is 0 Å². The predicted octanol–water partition coefficient (Wildman–Crippen LogP) is 3.35. The first-order valence-corrected chi connectivity index (χ1v) is 9.75. The number of benzene rings is 1. The fourth-order valence-electron chi connectivity index (χ4n) is 3.92. The van der Waals surface area contributed by atoms with Gasteiger partial charge in [-0.15, -0.1) is 0 Å². The number of carbonyl (C=O) groups is 2. The number of nitrogens with zero attached hydrogens (tertiary/aromatic N) is 3. The second kappa shape index (κ2) is 6.69. The molecule has 1 N–H and O–H groups in total. The lowest BCUT2D eigenvalue weighted by molar-refractivity contribution is -0.127. The number of urea groups is 1. The molecule has 1 fully saturated rings. The number of likely N-dealkylation sites (tertiary alicyclic amines) is 1. The van der Waals surface area contributed by atoms with Crippen LogP contribution in [0.1, 0.15) is 18.9 Å². The van der Waals surface area contributed by atoms with Gasteiger partial charge in [0.2, 0.25) is 5.91 Å². The van der Waals surface area contributed by atoms with Gasteiger partial charge < -0.3 is 9.64 Å². The zero-order chi connectivity index (χ0) is 19.2. The lowest BCUT2D eigenvalue weighted by Crippen LogP contribution is -2.41. The number of fused-ring (bicyclic) bond motifs is 2. The molecule has 0 radical (unpaired) electrons. The summed E-state index contributed by atoms with van der Waals surface area (Å²) in [6.45, 7) is 3.36. The number of rotatable bonds is 2. The molecular weight excluding hydrogens is 388 g/mol. The van der Waals surface area contributed by atoms with Crippen LogP contribution in [0.2, 0.25) is 4.34 Å². The number of aromatic nitrogens is 1. The number of hydrogen-bond donors (Lipinski definition) is 1. The molecule has 1 unspecified atom stereocenters. The van der Waals surface area contributed by atoms with Gasteiger partial charge in [0.15, 0.2) is 5.13 Å². The second-order valence-electron chi connectivity index (χ2n) is 6.84. The van der Waals surface area contributed by atoms with E-state index in [4.69, 9.17) is 16.3 Å². The number of anilines is 2. The monoisotopic (exact) mass is 406 g/mol. The van der Waals surface area contributed by atoms with Crippen LogP contribution in [0.15, 0.2) is 24.4 Å². The summed E-state index contributed by atoms with van der Waals surface area (Å²) >= 11 is 7.12. The van der Waals surface area contributed by atoms with E-state index in [9.17, 15) is 9.59 Å². The quantitative estimate of drug-likeness (QED) is 0.829. The molecule has 3 heterocycles. The fraction of sp³-hybridized carbons (Fsp3) is 0.389. The highest BCUT2D eigenvalue weighted by Crippen LogP contribution is 2.47. The van der Waals surface area contributed by atoms with Crippen LogP contribution < -0.4 is 15.0 Å². The van der Waals surface area contributed by atoms with Crippen molar-refractivity contribution in [2.45, 2.75) is 18.8 Å². The molecule has 1 atom stereocenters. The van der Waals surface area contributed by atoms with Gasteiger partial charge in [0, 0.05) is 37.7 Å². The Labute approximate surface area is 165 Å². The lowest BCUT2D eigenvalue weighted by Gasteiger charge is -2.25. The van der Waals surface area contributed by atoms with Gasteiger partial charge in [0.25, 0.3) is 0 Å². The smallest absolute Gasteiger partial charge is 0.328 e. The Morgan fingerprint density at radius 2 is 2.19 bits per heavy atom. The largest absolute Gasteiger partial charge is 0.497 e. The molecule has 1 spiro atoms. The van der Waals surface area contributed by atoms with Gasteiger partial charge in [-0.1, -0.05) is 22.9 Å². The molecule has 27 heavy (non-hydrogen) atoms. The minimum atomic E-state index is -0.284. The van der Waals surface area contributed by atoms with Crippen LogP contribution in [0.5, 0.6) is 5.75 Å². The number of ether oxygens (including phenoxy) is 1. The van der Waals surface area contributed by atoms with Gasteiger partial charge in [-0.3, -0.25) is 15.0 Å². The average molecular weight is 407 g/mol. The first kappa shape index (κ1) is 18.1. The predicted molar refractivity (Wildman–Crippen MR) is 105 cm³/mol. The van der Waals surface area contributed by atoms with E-state index < -0.39 is 0 Å². The lowest BCUT2D eigenvalue weighted by atomic mass is 9.81. The van der Waals surface area contributed by atoms with Crippen molar-refractivity contribution in [1.29, 1.82) is 0 Å². The molecule has 3 amide bonds. The van der Waals surface area contributed by atoms with Crippen molar-refractivity contribution < 1.29 is 14.3 Å². The number of nitrogens with one attached hydrogen (secondary N) is 1. The third kappa shape index (κ3) is 3.12. The molecule has 0 saturated carbocycles. The Bertz CT molecular complexity index is 918. The van der Waals surface area contributed by atoms with Gasteiger partial charge in [0.05, 0.1) is 13.3 Å². The van der Waals surface area contributed by atoms with Crippen LogP contribution in [0.25, 0.3) is 0 Å². The first-order valence-electron chi connectivity index (χ1n) is 8.56. The maximum Gasteiger partial charge on any atom is 0.328 e.